The average molecular weight is 254 g/mol. The van der Waals surface area contributed by atoms with Gasteiger partial charge in [0.15, 0.2) is 19.5 Å². The van der Waals surface area contributed by atoms with E-state index in [-0.39, 0.29) is 11.7 Å². The summed E-state index contributed by atoms with van der Waals surface area (Å²) in [5.74, 6) is 0. The highest BCUT2D eigenvalue weighted by Crippen LogP contribution is 2.29. The second-order valence-corrected chi connectivity index (χ2v) is 6.15. The molecule has 0 unspecified atom stereocenters. The van der Waals surface area contributed by atoms with Gasteiger partial charge in [-0.3, -0.25) is 0 Å². The van der Waals surface area contributed by atoms with Crippen LogP contribution in [0, 0.1) is 0 Å². The summed E-state index contributed by atoms with van der Waals surface area (Å²) >= 11 is 0. The molecule has 16 heavy (non-hydrogen) atoms. The van der Waals surface area contributed by atoms with Crippen molar-refractivity contribution in [2.45, 2.75) is 38.6 Å². The molecule has 0 heterocycles. The third kappa shape index (κ3) is 3.28. The fourth-order valence-corrected chi connectivity index (χ4v) is 3.60. The summed E-state index contributed by atoms with van der Waals surface area (Å²) in [5, 5.41) is 0. The Hall–Kier alpha value is -0.426. The minimum Gasteiger partial charge on any atom is -0.400 e. The molecule has 0 radical (unpaired) electrons. The van der Waals surface area contributed by atoms with E-state index in [0.29, 0.717) is 0 Å². The van der Waals surface area contributed by atoms with Gasteiger partial charge in [0.1, 0.15) is 6.29 Å². The third-order valence-corrected chi connectivity index (χ3v) is 4.02. The fourth-order valence-electron chi connectivity index (χ4n) is 1.77. The van der Waals surface area contributed by atoms with Crippen LogP contribution < -0.4 is 0 Å². The van der Waals surface area contributed by atoms with Crippen LogP contribution in [0.4, 0.5) is 0 Å². The molecule has 0 bridgehead atoms. The molecule has 0 saturated carbocycles. The van der Waals surface area contributed by atoms with Crippen molar-refractivity contribution >= 4 is 19.5 Å². The zero-order valence-electron chi connectivity index (χ0n) is 10.7. The summed E-state index contributed by atoms with van der Waals surface area (Å²) in [4.78, 5) is 0. The van der Waals surface area contributed by atoms with Gasteiger partial charge in [-0.05, 0) is 5.56 Å². The monoisotopic (exact) mass is 254 g/mol. The highest BCUT2D eigenvalue weighted by atomic mass is 28.2. The van der Waals surface area contributed by atoms with E-state index in [1.54, 1.807) is 0 Å². The number of hydrogen-bond donors (Lipinski definition) is 0. The Morgan fingerprint density at radius 1 is 1.00 bits per heavy atom. The maximum Gasteiger partial charge on any atom is 0.161 e. The number of benzene rings is 1. The molecule has 0 amide bonds. The molecule has 0 N–H and O–H groups in total. The van der Waals surface area contributed by atoms with Gasteiger partial charge in [-0.2, -0.15) is 0 Å². The van der Waals surface area contributed by atoms with Gasteiger partial charge in [0.25, 0.3) is 0 Å². The Labute approximate surface area is 103 Å². The maximum atomic E-state index is 5.85. The highest BCUT2D eigenvalue weighted by Gasteiger charge is 2.31. The lowest BCUT2D eigenvalue weighted by Crippen LogP contribution is -2.39. The van der Waals surface area contributed by atoms with Crippen molar-refractivity contribution < 1.29 is 8.85 Å². The Morgan fingerprint density at radius 3 is 1.94 bits per heavy atom. The molecule has 1 rings (SSSR count). The lowest BCUT2D eigenvalue weighted by Gasteiger charge is -2.34. The SMILES string of the molecule is C[SiH2]OC(O[SiH2]C)C(C)(C)c1ccccc1. The Bertz CT molecular complexity index is 295. The van der Waals surface area contributed by atoms with Crippen LogP contribution in [0.5, 0.6) is 0 Å². The summed E-state index contributed by atoms with van der Waals surface area (Å²) in [6.07, 6.45) is -0.0665. The summed E-state index contributed by atoms with van der Waals surface area (Å²) in [7, 11) is -0.882. The standard InChI is InChI=1S/C12H22O2Si2/c1-12(2,10-8-6-5-7-9-10)11(13-15-3)14-16-4/h5-9,11H,15-16H2,1-4H3. The molecule has 1 aromatic rings. The molecule has 0 aliphatic heterocycles. The van der Waals surface area contributed by atoms with E-state index < -0.39 is 19.5 Å². The van der Waals surface area contributed by atoms with E-state index in [9.17, 15) is 0 Å². The largest absolute Gasteiger partial charge is 0.400 e. The van der Waals surface area contributed by atoms with Crippen LogP contribution in [0.2, 0.25) is 13.1 Å². The van der Waals surface area contributed by atoms with Gasteiger partial charge in [0.05, 0.1) is 0 Å². The molecule has 2 nitrogen and oxygen atoms in total. The lowest BCUT2D eigenvalue weighted by atomic mass is 9.84. The fraction of sp³-hybridized carbons (Fsp3) is 0.500. The van der Waals surface area contributed by atoms with Gasteiger partial charge in [-0.1, -0.05) is 57.3 Å². The second-order valence-electron chi connectivity index (χ2n) is 4.33. The van der Waals surface area contributed by atoms with Crippen LogP contribution in [0.15, 0.2) is 30.3 Å². The van der Waals surface area contributed by atoms with Crippen molar-refractivity contribution in [2.24, 2.45) is 0 Å². The van der Waals surface area contributed by atoms with Crippen LogP contribution in [-0.4, -0.2) is 25.8 Å². The summed E-state index contributed by atoms with van der Waals surface area (Å²) in [6.45, 7) is 8.69. The molecule has 0 atom stereocenters. The molecule has 0 aliphatic carbocycles. The van der Waals surface area contributed by atoms with Gasteiger partial charge in [-0.15, -0.1) is 0 Å². The van der Waals surface area contributed by atoms with Crippen molar-refractivity contribution in [2.75, 3.05) is 0 Å². The van der Waals surface area contributed by atoms with Crippen LogP contribution >= 0.6 is 0 Å². The van der Waals surface area contributed by atoms with E-state index in [1.807, 2.05) is 6.07 Å². The van der Waals surface area contributed by atoms with Gasteiger partial charge in [-0.25, -0.2) is 0 Å². The summed E-state index contributed by atoms with van der Waals surface area (Å²) in [6, 6.07) is 10.5. The van der Waals surface area contributed by atoms with Gasteiger partial charge >= 0.3 is 0 Å². The van der Waals surface area contributed by atoms with Crippen molar-refractivity contribution in [3.63, 3.8) is 0 Å². The van der Waals surface area contributed by atoms with Crippen LogP contribution in [0.25, 0.3) is 0 Å². The molecule has 0 saturated heterocycles. The van der Waals surface area contributed by atoms with Crippen molar-refractivity contribution in [3.05, 3.63) is 35.9 Å². The zero-order valence-corrected chi connectivity index (χ0v) is 13.5. The van der Waals surface area contributed by atoms with Crippen molar-refractivity contribution in [1.82, 2.24) is 0 Å². The Balaban J connectivity index is 2.88. The molecular formula is C12H22O2Si2. The van der Waals surface area contributed by atoms with Gasteiger partial charge in [0, 0.05) is 5.41 Å². The van der Waals surface area contributed by atoms with E-state index >= 15 is 0 Å². The third-order valence-electron chi connectivity index (χ3n) is 2.74. The van der Waals surface area contributed by atoms with E-state index in [0.717, 1.165) is 0 Å². The van der Waals surface area contributed by atoms with Crippen molar-refractivity contribution in [3.8, 4) is 0 Å². The minimum absolute atomic E-state index is 0.0622. The predicted molar refractivity (Wildman–Crippen MR) is 74.2 cm³/mol. The van der Waals surface area contributed by atoms with Crippen LogP contribution in [0.3, 0.4) is 0 Å². The molecule has 0 fully saturated rings. The van der Waals surface area contributed by atoms with Crippen LogP contribution in [-0.2, 0) is 14.3 Å². The summed E-state index contributed by atoms with van der Waals surface area (Å²) in [5.41, 5.74) is 1.22. The first-order chi connectivity index (χ1) is 7.62. The van der Waals surface area contributed by atoms with E-state index in [2.05, 4.69) is 51.2 Å². The van der Waals surface area contributed by atoms with E-state index in [1.165, 1.54) is 5.56 Å². The first kappa shape index (κ1) is 13.6. The molecule has 4 heteroatoms. The average Bonchev–Trinajstić information content (AvgIpc) is 2.30. The molecule has 0 aliphatic rings. The first-order valence-corrected chi connectivity index (χ1v) is 9.90. The molecule has 0 aromatic heterocycles. The van der Waals surface area contributed by atoms with Crippen LogP contribution in [0.1, 0.15) is 19.4 Å². The van der Waals surface area contributed by atoms with Crippen molar-refractivity contribution in [1.29, 1.82) is 0 Å². The number of rotatable bonds is 6. The zero-order chi connectivity index (χ0) is 12.0. The van der Waals surface area contributed by atoms with E-state index in [4.69, 9.17) is 8.85 Å². The first-order valence-electron chi connectivity index (χ1n) is 5.91. The van der Waals surface area contributed by atoms with Gasteiger partial charge in [0.2, 0.25) is 0 Å². The molecule has 1 aromatic carbocycles. The molecule has 0 spiro atoms. The predicted octanol–water partition coefficient (Wildman–Crippen LogP) is 1.59. The highest BCUT2D eigenvalue weighted by molar-refractivity contribution is 6.26. The maximum absolute atomic E-state index is 5.85. The van der Waals surface area contributed by atoms with Gasteiger partial charge < -0.3 is 8.85 Å². The topological polar surface area (TPSA) is 18.5 Å². The summed E-state index contributed by atoms with van der Waals surface area (Å²) < 4.78 is 11.7. The Morgan fingerprint density at radius 2 is 1.50 bits per heavy atom. The molecule has 90 valence electrons. The quantitative estimate of drug-likeness (QED) is 0.567. The smallest absolute Gasteiger partial charge is 0.161 e. The normalized spacial score (nSPS) is 15.2. The second kappa shape index (κ2) is 6.34. The lowest BCUT2D eigenvalue weighted by molar-refractivity contribution is -0.0433. The Kier molecular flexibility index (Phi) is 5.41. The minimum atomic E-state index is -0.441. The number of hydrogen-bond acceptors (Lipinski definition) is 2. The molecular weight excluding hydrogens is 232 g/mol.